The highest BCUT2D eigenvalue weighted by atomic mass is 32.1. The van der Waals surface area contributed by atoms with Gasteiger partial charge < -0.3 is 5.32 Å². The lowest BCUT2D eigenvalue weighted by Gasteiger charge is -2.20. The van der Waals surface area contributed by atoms with Crippen molar-refractivity contribution in [2.75, 3.05) is 5.32 Å². The zero-order valence-electron chi connectivity index (χ0n) is 14.0. The van der Waals surface area contributed by atoms with Crippen molar-refractivity contribution in [3.8, 4) is 5.13 Å². The summed E-state index contributed by atoms with van der Waals surface area (Å²) < 4.78 is 16.3. The molecule has 1 aliphatic rings. The number of amides is 1. The average molecular weight is 358 g/mol. The van der Waals surface area contributed by atoms with Gasteiger partial charge >= 0.3 is 0 Å². The summed E-state index contributed by atoms with van der Waals surface area (Å²) in [6.45, 7) is 1.86. The molecule has 2 aromatic heterocycles. The fourth-order valence-corrected chi connectivity index (χ4v) is 4.27. The maximum Gasteiger partial charge on any atom is 0.228 e. The van der Waals surface area contributed by atoms with Gasteiger partial charge in [0, 0.05) is 12.0 Å². The van der Waals surface area contributed by atoms with Gasteiger partial charge in [-0.25, -0.2) is 9.37 Å². The number of nitrogens with zero attached hydrogens (tertiary/aromatic N) is 3. The van der Waals surface area contributed by atoms with Gasteiger partial charge in [-0.3, -0.25) is 4.79 Å². The molecule has 0 saturated heterocycles. The van der Waals surface area contributed by atoms with Crippen molar-refractivity contribution in [1.29, 1.82) is 0 Å². The summed E-state index contributed by atoms with van der Waals surface area (Å²) in [6.07, 6.45) is 5.29. The third-order valence-electron chi connectivity index (χ3n) is 4.60. The molecule has 4 rings (SSSR count). The van der Waals surface area contributed by atoms with Crippen LogP contribution in [0.5, 0.6) is 0 Å². The Morgan fingerprint density at radius 3 is 2.88 bits per heavy atom. The molecule has 1 fully saturated rings. The lowest BCUT2D eigenvalue weighted by molar-refractivity contribution is -0.120. The van der Waals surface area contributed by atoms with E-state index in [9.17, 15) is 9.18 Å². The molecule has 0 unspecified atom stereocenters. The second kappa shape index (κ2) is 6.55. The fourth-order valence-electron chi connectivity index (χ4n) is 3.32. The Balaban J connectivity index is 1.66. The van der Waals surface area contributed by atoms with Crippen LogP contribution in [-0.2, 0) is 4.79 Å². The van der Waals surface area contributed by atoms with Crippen molar-refractivity contribution in [1.82, 2.24) is 14.8 Å². The van der Waals surface area contributed by atoms with Crippen LogP contribution in [0.4, 0.5) is 10.2 Å². The smallest absolute Gasteiger partial charge is 0.228 e. The maximum absolute atomic E-state index is 13.9. The molecular formula is C18H19FN4OS. The first-order valence-electron chi connectivity index (χ1n) is 8.55. The standard InChI is InChI=1S/C18H19FN4OS/c1-11-10-15(20-17(24)12-6-3-2-4-7-12)23(22-11)18-21-16-13(19)8-5-9-14(16)25-18/h5,8-10,12H,2-4,6-7H2,1H3,(H,20,24). The first kappa shape index (κ1) is 16.2. The number of aryl methyl sites for hydroxylation is 1. The molecule has 7 heteroatoms. The molecule has 0 bridgehead atoms. The summed E-state index contributed by atoms with van der Waals surface area (Å²) in [5, 5.41) is 7.97. The molecular weight excluding hydrogens is 339 g/mol. The molecule has 25 heavy (non-hydrogen) atoms. The number of thiazole rings is 1. The lowest BCUT2D eigenvalue weighted by Crippen LogP contribution is -2.25. The Hall–Kier alpha value is -2.28. The van der Waals surface area contributed by atoms with E-state index >= 15 is 0 Å². The van der Waals surface area contributed by atoms with E-state index in [1.807, 2.05) is 19.1 Å². The fraction of sp³-hybridized carbons (Fsp3) is 0.389. The predicted molar refractivity (Wildman–Crippen MR) is 96.6 cm³/mol. The highest BCUT2D eigenvalue weighted by molar-refractivity contribution is 7.20. The number of carbonyl (C=O) groups is 1. The third-order valence-corrected chi connectivity index (χ3v) is 5.59. The van der Waals surface area contributed by atoms with Gasteiger partial charge in [0.05, 0.1) is 10.4 Å². The van der Waals surface area contributed by atoms with Crippen molar-refractivity contribution >= 4 is 33.3 Å². The summed E-state index contributed by atoms with van der Waals surface area (Å²) in [5.74, 6) is 0.336. The Bertz CT molecular complexity index is 926. The van der Waals surface area contributed by atoms with Gasteiger partial charge in [-0.05, 0) is 31.9 Å². The minimum Gasteiger partial charge on any atom is -0.310 e. The minimum atomic E-state index is -0.350. The van der Waals surface area contributed by atoms with E-state index in [1.165, 1.54) is 23.8 Å². The zero-order chi connectivity index (χ0) is 17.4. The van der Waals surface area contributed by atoms with Crippen LogP contribution in [0.25, 0.3) is 15.3 Å². The number of halogens is 1. The topological polar surface area (TPSA) is 59.8 Å². The second-order valence-electron chi connectivity index (χ2n) is 6.49. The Morgan fingerprint density at radius 1 is 1.32 bits per heavy atom. The van der Waals surface area contributed by atoms with E-state index in [4.69, 9.17) is 0 Å². The van der Waals surface area contributed by atoms with E-state index < -0.39 is 0 Å². The number of para-hydroxylation sites is 1. The van der Waals surface area contributed by atoms with Gasteiger partial charge in [0.1, 0.15) is 17.2 Å². The first-order valence-corrected chi connectivity index (χ1v) is 9.36. The van der Waals surface area contributed by atoms with Crippen LogP contribution in [0.1, 0.15) is 37.8 Å². The van der Waals surface area contributed by atoms with Crippen LogP contribution in [0.3, 0.4) is 0 Å². The van der Waals surface area contributed by atoms with Crippen molar-refractivity contribution in [2.45, 2.75) is 39.0 Å². The molecule has 0 spiro atoms. The first-order chi connectivity index (χ1) is 12.1. The summed E-state index contributed by atoms with van der Waals surface area (Å²) in [7, 11) is 0. The number of hydrogen-bond acceptors (Lipinski definition) is 4. The average Bonchev–Trinajstić information content (AvgIpc) is 3.20. The highest BCUT2D eigenvalue weighted by Gasteiger charge is 2.23. The van der Waals surface area contributed by atoms with Crippen LogP contribution >= 0.6 is 11.3 Å². The molecule has 1 saturated carbocycles. The van der Waals surface area contributed by atoms with Crippen LogP contribution < -0.4 is 5.32 Å². The summed E-state index contributed by atoms with van der Waals surface area (Å²) in [4.78, 5) is 16.9. The molecule has 0 aliphatic heterocycles. The molecule has 1 aromatic carbocycles. The van der Waals surface area contributed by atoms with E-state index in [-0.39, 0.29) is 17.6 Å². The van der Waals surface area contributed by atoms with Crippen LogP contribution in [0.2, 0.25) is 0 Å². The van der Waals surface area contributed by atoms with E-state index in [1.54, 1.807) is 10.7 Å². The van der Waals surface area contributed by atoms with Gasteiger partial charge in [0.15, 0.2) is 0 Å². The number of aromatic nitrogens is 3. The molecule has 5 nitrogen and oxygen atoms in total. The number of nitrogens with one attached hydrogen (secondary N) is 1. The zero-order valence-corrected chi connectivity index (χ0v) is 14.8. The summed E-state index contributed by atoms with van der Waals surface area (Å²) in [6, 6.07) is 6.71. The van der Waals surface area contributed by atoms with Crippen LogP contribution in [-0.4, -0.2) is 20.7 Å². The highest BCUT2D eigenvalue weighted by Crippen LogP contribution is 2.30. The molecule has 1 amide bonds. The minimum absolute atomic E-state index is 0.0353. The SMILES string of the molecule is Cc1cc(NC(=O)C2CCCCC2)n(-c2nc3c(F)cccc3s2)n1. The van der Waals surface area contributed by atoms with Gasteiger partial charge in [0.2, 0.25) is 11.0 Å². The summed E-state index contributed by atoms with van der Waals surface area (Å²) in [5.41, 5.74) is 1.11. The van der Waals surface area contributed by atoms with Crippen molar-refractivity contribution < 1.29 is 9.18 Å². The monoisotopic (exact) mass is 358 g/mol. The molecule has 0 radical (unpaired) electrons. The normalized spacial score (nSPS) is 15.6. The second-order valence-corrected chi connectivity index (χ2v) is 7.50. The van der Waals surface area contributed by atoms with Gasteiger partial charge in [-0.2, -0.15) is 9.78 Å². The van der Waals surface area contributed by atoms with Crippen LogP contribution in [0.15, 0.2) is 24.3 Å². The molecule has 1 aliphatic carbocycles. The molecule has 0 atom stereocenters. The van der Waals surface area contributed by atoms with E-state index in [0.717, 1.165) is 36.1 Å². The largest absolute Gasteiger partial charge is 0.310 e. The summed E-state index contributed by atoms with van der Waals surface area (Å²) >= 11 is 1.35. The maximum atomic E-state index is 13.9. The Labute approximate surface area is 148 Å². The van der Waals surface area contributed by atoms with Crippen LogP contribution in [0, 0.1) is 18.7 Å². The van der Waals surface area contributed by atoms with Crippen molar-refractivity contribution in [2.24, 2.45) is 5.92 Å². The number of anilines is 1. The number of rotatable bonds is 3. The Kier molecular flexibility index (Phi) is 4.25. The van der Waals surface area contributed by atoms with Gasteiger partial charge in [-0.1, -0.05) is 36.7 Å². The predicted octanol–water partition coefficient (Wildman–Crippen LogP) is 4.45. The van der Waals surface area contributed by atoms with Crippen molar-refractivity contribution in [3.63, 3.8) is 0 Å². The van der Waals surface area contributed by atoms with Gasteiger partial charge in [0.25, 0.3) is 0 Å². The van der Waals surface area contributed by atoms with E-state index in [2.05, 4.69) is 15.4 Å². The van der Waals surface area contributed by atoms with Gasteiger partial charge in [-0.15, -0.1) is 0 Å². The Morgan fingerprint density at radius 2 is 2.12 bits per heavy atom. The van der Waals surface area contributed by atoms with E-state index in [0.29, 0.717) is 16.5 Å². The number of fused-ring (bicyclic) bond motifs is 1. The molecule has 130 valence electrons. The van der Waals surface area contributed by atoms with Crippen molar-refractivity contribution in [3.05, 3.63) is 35.8 Å². The molecule has 1 N–H and O–H groups in total. The third kappa shape index (κ3) is 3.16. The number of hydrogen-bond donors (Lipinski definition) is 1. The lowest BCUT2D eigenvalue weighted by atomic mass is 9.89. The number of carbonyl (C=O) groups excluding carboxylic acids is 1. The molecule has 3 aromatic rings. The number of benzene rings is 1. The quantitative estimate of drug-likeness (QED) is 0.752. The molecule has 2 heterocycles.